The van der Waals surface area contributed by atoms with Crippen LogP contribution in [0.25, 0.3) is 4.85 Å². The minimum atomic E-state index is 0.839. The number of amidine groups is 1. The number of hydrogen-bond donors (Lipinski definition) is 1. The van der Waals surface area contributed by atoms with E-state index in [1.54, 1.807) is 13.4 Å². The molecule has 5 nitrogen and oxygen atoms in total. The molecule has 0 aliphatic rings. The second kappa shape index (κ2) is 7.46. The summed E-state index contributed by atoms with van der Waals surface area (Å²) in [6.45, 7) is 5.26. The van der Waals surface area contributed by atoms with Crippen LogP contribution in [0.5, 0.6) is 0 Å². The van der Waals surface area contributed by atoms with E-state index in [-0.39, 0.29) is 0 Å². The van der Waals surface area contributed by atoms with Gasteiger partial charge in [-0.2, -0.15) is 0 Å². The third-order valence-electron chi connectivity index (χ3n) is 3.58. The van der Waals surface area contributed by atoms with E-state index in [0.717, 1.165) is 28.2 Å². The number of aromatic nitrogens is 2. The van der Waals surface area contributed by atoms with E-state index in [0.29, 0.717) is 0 Å². The second-order valence-electron chi connectivity index (χ2n) is 5.37. The molecule has 6 heteroatoms. The summed E-state index contributed by atoms with van der Waals surface area (Å²) in [4.78, 5) is 11.4. The Morgan fingerprint density at radius 3 is 2.80 bits per heavy atom. The summed E-state index contributed by atoms with van der Waals surface area (Å²) in [5.41, 5.74) is 2.33. The average molecular weight is 296 g/mol. The van der Waals surface area contributed by atoms with Crippen LogP contribution < -0.4 is 0 Å². The molecular formula is C14H26N5S+3. The predicted octanol–water partition coefficient (Wildman–Crippen LogP) is 2.01. The van der Waals surface area contributed by atoms with Crippen LogP contribution in [0.4, 0.5) is 0 Å². The summed E-state index contributed by atoms with van der Waals surface area (Å²) in [5.74, 6) is 3.28. The van der Waals surface area contributed by atoms with Gasteiger partial charge in [-0.3, -0.25) is 0 Å². The topological polar surface area (TPSA) is 36.0 Å². The van der Waals surface area contributed by atoms with E-state index in [9.17, 15) is 0 Å². The lowest BCUT2D eigenvalue weighted by Gasteiger charge is -2.24. The van der Waals surface area contributed by atoms with Gasteiger partial charge in [0.05, 0.1) is 39.6 Å². The number of hydrogen-bond acceptors (Lipinski definition) is 2. The lowest BCUT2D eigenvalue weighted by Crippen LogP contribution is -2.48. The number of nitrogens with one attached hydrogen (secondary N) is 1. The maximum Gasteiger partial charge on any atom is 0.619 e. The Balaban J connectivity index is 2.49. The zero-order valence-corrected chi connectivity index (χ0v) is 14.2. The number of H-pyrrole nitrogens is 1. The molecule has 20 heavy (non-hydrogen) atoms. The molecule has 110 valence electrons. The van der Waals surface area contributed by atoms with E-state index in [4.69, 9.17) is 0 Å². The molecule has 0 bridgehead atoms. The molecule has 0 saturated heterocycles. The maximum atomic E-state index is 4.32. The largest absolute Gasteiger partial charge is 0.619 e. The standard InChI is InChI=1S/C14H26N5S/c1-12-14(17-10-16-12)9-20-8-7-19(5,6)13(2)18(4)11-15-3/h10H,7-9H2,1-6H3,(H,16,17)/q+3. The van der Waals surface area contributed by atoms with Gasteiger partial charge in [-0.25, -0.2) is 9.47 Å². The lowest BCUT2D eigenvalue weighted by molar-refractivity contribution is -0.818. The molecule has 0 unspecified atom stereocenters. The third kappa shape index (κ3) is 4.66. The van der Waals surface area contributed by atoms with Crippen LogP contribution in [0.1, 0.15) is 18.3 Å². The van der Waals surface area contributed by atoms with Crippen LogP contribution in [-0.2, 0) is 5.75 Å². The summed E-state index contributed by atoms with van der Waals surface area (Å²) >= 11 is 1.92. The maximum absolute atomic E-state index is 4.32. The van der Waals surface area contributed by atoms with Crippen LogP contribution in [-0.4, -0.2) is 65.4 Å². The van der Waals surface area contributed by atoms with Crippen molar-refractivity contribution in [3.8, 4) is 6.19 Å². The number of aromatic amines is 1. The van der Waals surface area contributed by atoms with Crippen LogP contribution in [0.3, 0.4) is 0 Å². The highest BCUT2D eigenvalue weighted by atomic mass is 32.2. The summed E-state index contributed by atoms with van der Waals surface area (Å²) in [6.07, 6.45) is 4.72. The van der Waals surface area contributed by atoms with Gasteiger partial charge in [0.2, 0.25) is 0 Å². The monoisotopic (exact) mass is 296 g/mol. The van der Waals surface area contributed by atoms with Gasteiger partial charge in [-0.05, 0) is 16.3 Å². The summed E-state index contributed by atoms with van der Waals surface area (Å²) in [7, 11) is 8.15. The molecule has 1 aromatic rings. The molecule has 1 N–H and O–H groups in total. The van der Waals surface area contributed by atoms with Crippen molar-refractivity contribution in [2.24, 2.45) is 0 Å². The molecule has 0 aliphatic heterocycles. The summed E-state index contributed by atoms with van der Waals surface area (Å²) in [6, 6.07) is 0. The van der Waals surface area contributed by atoms with Crippen molar-refractivity contribution < 1.29 is 9.06 Å². The Kier molecular flexibility index (Phi) is 6.24. The first-order chi connectivity index (χ1) is 9.38. The lowest BCUT2D eigenvalue weighted by atomic mass is 10.4. The molecule has 0 amide bonds. The third-order valence-corrected chi connectivity index (χ3v) is 4.53. The Hall–Kier alpha value is -1.32. The molecule has 0 saturated carbocycles. The molecule has 1 rings (SSSR count). The van der Waals surface area contributed by atoms with Gasteiger partial charge in [0.1, 0.15) is 0 Å². The Morgan fingerprint density at radius 1 is 1.55 bits per heavy atom. The molecule has 1 aromatic heterocycles. The van der Waals surface area contributed by atoms with Crippen LogP contribution in [0.2, 0.25) is 0 Å². The zero-order chi connectivity index (χ0) is 15.2. The van der Waals surface area contributed by atoms with Crippen LogP contribution >= 0.6 is 11.8 Å². The number of nitrogens with zero attached hydrogens (tertiary/aromatic N) is 4. The Labute approximate surface area is 126 Å². The molecule has 0 fully saturated rings. The Bertz CT molecular complexity index is 533. The molecule has 0 spiro atoms. The van der Waals surface area contributed by atoms with E-state index >= 15 is 0 Å². The first kappa shape index (κ1) is 16.7. The highest BCUT2D eigenvalue weighted by Crippen LogP contribution is 2.13. The van der Waals surface area contributed by atoms with Crippen molar-refractivity contribution in [1.29, 1.82) is 0 Å². The van der Waals surface area contributed by atoms with Gasteiger partial charge >= 0.3 is 12.0 Å². The zero-order valence-electron chi connectivity index (χ0n) is 13.4. The molecule has 1 heterocycles. The van der Waals surface area contributed by atoms with Gasteiger partial charge < -0.3 is 4.98 Å². The normalized spacial score (nSPS) is 12.7. The predicted molar refractivity (Wildman–Crippen MR) is 86.5 cm³/mol. The number of aryl methyl sites for hydroxylation is 1. The second-order valence-corrected chi connectivity index (χ2v) is 6.47. The number of imidazole rings is 1. The van der Waals surface area contributed by atoms with E-state index in [1.165, 1.54) is 11.5 Å². The van der Waals surface area contributed by atoms with E-state index in [2.05, 4.69) is 48.9 Å². The molecule has 0 aromatic carbocycles. The number of thioether (sulfide) groups is 1. The van der Waals surface area contributed by atoms with E-state index in [1.807, 2.05) is 23.4 Å². The fourth-order valence-corrected chi connectivity index (χ4v) is 3.00. The SMILES string of the molecule is C[N+]#C[N+](C)=C(C)[N+](C)(C)CCSCc1nc[nH]c1C. The van der Waals surface area contributed by atoms with Crippen LogP contribution in [0.15, 0.2) is 6.33 Å². The van der Waals surface area contributed by atoms with Crippen molar-refractivity contribution >= 4 is 17.6 Å². The van der Waals surface area contributed by atoms with Crippen molar-refractivity contribution in [1.82, 2.24) is 9.97 Å². The fourth-order valence-electron chi connectivity index (χ4n) is 1.78. The van der Waals surface area contributed by atoms with E-state index < -0.39 is 0 Å². The minimum absolute atomic E-state index is 0.839. The fraction of sp³-hybridized carbons (Fsp3) is 0.643. The average Bonchev–Trinajstić information content (AvgIpc) is 2.79. The molecular weight excluding hydrogens is 270 g/mol. The number of quaternary nitrogens is 1. The summed E-state index contributed by atoms with van der Waals surface area (Å²) < 4.78 is 2.80. The van der Waals surface area contributed by atoms with Crippen molar-refractivity contribution in [2.45, 2.75) is 19.6 Å². The quantitative estimate of drug-likeness (QED) is 0.172. The smallest absolute Gasteiger partial charge is 0.348 e. The van der Waals surface area contributed by atoms with Crippen molar-refractivity contribution in [3.63, 3.8) is 0 Å². The van der Waals surface area contributed by atoms with Gasteiger partial charge in [0.25, 0.3) is 7.05 Å². The number of rotatable bonds is 5. The van der Waals surface area contributed by atoms with Gasteiger partial charge in [0.15, 0.2) is 7.05 Å². The highest BCUT2D eigenvalue weighted by molar-refractivity contribution is 7.98. The van der Waals surface area contributed by atoms with Gasteiger partial charge in [0, 0.05) is 17.2 Å². The first-order valence-electron chi connectivity index (χ1n) is 6.70. The molecule has 0 aliphatic carbocycles. The first-order valence-corrected chi connectivity index (χ1v) is 7.86. The van der Waals surface area contributed by atoms with Crippen LogP contribution in [0, 0.1) is 13.1 Å². The Morgan fingerprint density at radius 2 is 2.25 bits per heavy atom. The van der Waals surface area contributed by atoms with Crippen molar-refractivity contribution in [3.05, 3.63) is 22.6 Å². The molecule has 0 radical (unpaired) electrons. The highest BCUT2D eigenvalue weighted by Gasteiger charge is 2.28. The summed E-state index contributed by atoms with van der Waals surface area (Å²) in [5, 5.41) is 0. The molecule has 0 atom stereocenters. The van der Waals surface area contributed by atoms with Gasteiger partial charge in [-0.1, -0.05) is 0 Å². The van der Waals surface area contributed by atoms with Gasteiger partial charge in [-0.15, -0.1) is 11.8 Å². The van der Waals surface area contributed by atoms with Crippen molar-refractivity contribution in [2.75, 3.05) is 40.5 Å². The minimum Gasteiger partial charge on any atom is -0.348 e.